The van der Waals surface area contributed by atoms with Gasteiger partial charge < -0.3 is 14.6 Å². The van der Waals surface area contributed by atoms with E-state index in [-0.39, 0.29) is 12.3 Å². The maximum absolute atomic E-state index is 13.3. The number of rotatable bonds is 7. The molecule has 0 spiro atoms. The van der Waals surface area contributed by atoms with Crippen LogP contribution in [0.1, 0.15) is 38.8 Å². The van der Waals surface area contributed by atoms with Crippen LogP contribution in [0.25, 0.3) is 0 Å². The molecule has 1 amide bonds. The molecule has 0 bridgehead atoms. The molecule has 0 radical (unpaired) electrons. The Morgan fingerprint density at radius 2 is 1.94 bits per heavy atom. The molecule has 0 unspecified atom stereocenters. The van der Waals surface area contributed by atoms with Gasteiger partial charge in [0.1, 0.15) is 23.9 Å². The van der Waals surface area contributed by atoms with Gasteiger partial charge in [-0.2, -0.15) is 5.10 Å². The number of aromatic nitrogens is 3. The van der Waals surface area contributed by atoms with Crippen LogP contribution in [-0.4, -0.2) is 20.8 Å². The molecule has 1 N–H and O–H groups in total. The molecule has 33 heavy (non-hydrogen) atoms. The lowest BCUT2D eigenvalue weighted by atomic mass is 10.2. The number of anilines is 1. The van der Waals surface area contributed by atoms with Gasteiger partial charge in [-0.15, -0.1) is 0 Å². The first-order chi connectivity index (χ1) is 15.8. The van der Waals surface area contributed by atoms with Crippen molar-refractivity contribution in [2.45, 2.75) is 33.9 Å². The number of amides is 1. The largest absolute Gasteiger partial charge is 0.489 e. The van der Waals surface area contributed by atoms with Crippen LogP contribution in [0, 0.1) is 26.6 Å². The molecule has 0 saturated heterocycles. The van der Waals surface area contributed by atoms with Gasteiger partial charge in [0.05, 0.1) is 29.2 Å². The van der Waals surface area contributed by atoms with Crippen molar-refractivity contribution in [3.05, 3.63) is 93.3 Å². The van der Waals surface area contributed by atoms with Crippen molar-refractivity contribution < 1.29 is 18.4 Å². The van der Waals surface area contributed by atoms with Gasteiger partial charge in [-0.3, -0.25) is 9.48 Å². The quantitative estimate of drug-likeness (QED) is 0.389. The maximum atomic E-state index is 13.3. The van der Waals surface area contributed by atoms with Gasteiger partial charge in [0.25, 0.3) is 5.91 Å². The van der Waals surface area contributed by atoms with Crippen LogP contribution in [0.5, 0.6) is 5.75 Å². The van der Waals surface area contributed by atoms with Crippen molar-refractivity contribution >= 4 is 23.2 Å². The molecule has 4 rings (SSSR count). The minimum atomic E-state index is -0.427. The highest BCUT2D eigenvalue weighted by atomic mass is 35.5. The van der Waals surface area contributed by atoms with E-state index in [0.717, 1.165) is 5.69 Å². The Kier molecular flexibility index (Phi) is 6.46. The highest BCUT2D eigenvalue weighted by molar-refractivity contribution is 6.31. The zero-order chi connectivity index (χ0) is 23.5. The van der Waals surface area contributed by atoms with Crippen molar-refractivity contribution in [2.75, 3.05) is 5.32 Å². The van der Waals surface area contributed by atoms with Crippen molar-refractivity contribution in [1.82, 2.24) is 14.9 Å². The maximum Gasteiger partial charge on any atom is 0.278 e. The molecular formula is C24H22ClFN4O3. The highest BCUT2D eigenvalue weighted by Crippen LogP contribution is 2.25. The van der Waals surface area contributed by atoms with Crippen LogP contribution >= 0.6 is 11.6 Å². The number of carbonyl (C=O) groups is 1. The molecule has 2 aromatic carbocycles. The second kappa shape index (κ2) is 9.46. The van der Waals surface area contributed by atoms with Crippen LogP contribution in [0.2, 0.25) is 5.02 Å². The van der Waals surface area contributed by atoms with Crippen molar-refractivity contribution in [3.63, 3.8) is 0 Å². The molecular weight excluding hydrogens is 447 g/mol. The number of nitrogens with one attached hydrogen (secondary N) is 1. The molecule has 0 aliphatic carbocycles. The molecule has 0 aliphatic heterocycles. The Labute approximate surface area is 195 Å². The minimum Gasteiger partial charge on any atom is -0.489 e. The van der Waals surface area contributed by atoms with Gasteiger partial charge in [0.15, 0.2) is 5.69 Å². The molecule has 0 saturated carbocycles. The van der Waals surface area contributed by atoms with Gasteiger partial charge in [-0.25, -0.2) is 4.39 Å². The molecule has 0 fully saturated rings. The van der Waals surface area contributed by atoms with Crippen molar-refractivity contribution in [3.8, 4) is 5.75 Å². The fraction of sp³-hybridized carbons (Fsp3) is 0.208. The smallest absolute Gasteiger partial charge is 0.278 e. The first-order valence-electron chi connectivity index (χ1n) is 10.3. The summed E-state index contributed by atoms with van der Waals surface area (Å²) in [5, 5.41) is 11.6. The Hall–Kier alpha value is -3.65. The molecule has 2 heterocycles. The van der Waals surface area contributed by atoms with Crippen molar-refractivity contribution in [2.24, 2.45) is 0 Å². The second-order valence-electron chi connectivity index (χ2n) is 7.56. The second-order valence-corrected chi connectivity index (χ2v) is 7.97. The number of carbonyl (C=O) groups excluding carboxylic acids is 1. The summed E-state index contributed by atoms with van der Waals surface area (Å²) in [5.41, 5.74) is 3.35. The number of hydrogen-bond donors (Lipinski definition) is 1. The lowest BCUT2D eigenvalue weighted by Gasteiger charge is -2.09. The molecule has 7 nitrogen and oxygen atoms in total. The van der Waals surface area contributed by atoms with E-state index in [9.17, 15) is 9.18 Å². The van der Waals surface area contributed by atoms with Gasteiger partial charge in [0.2, 0.25) is 0 Å². The summed E-state index contributed by atoms with van der Waals surface area (Å²) in [4.78, 5) is 13.0. The minimum absolute atomic E-state index is 0.141. The average Bonchev–Trinajstić information content (AvgIpc) is 3.29. The third kappa shape index (κ3) is 4.90. The summed E-state index contributed by atoms with van der Waals surface area (Å²) in [6.45, 7) is 5.83. The lowest BCUT2D eigenvalue weighted by Crippen LogP contribution is -2.16. The SMILES string of the molecule is Cc1nn(Cc2ccc(F)cc2Cl)c(C)c1NC(=O)c1noc(C)c1COc1ccccc1. The van der Waals surface area contributed by atoms with Gasteiger partial charge in [-0.05, 0) is 50.6 Å². The number of benzene rings is 2. The van der Waals surface area contributed by atoms with Crippen LogP contribution in [0.4, 0.5) is 10.1 Å². The molecule has 0 atom stereocenters. The standard InChI is InChI=1S/C24H22ClFN4O3/c1-14-22(15(2)30(28-14)12-17-9-10-18(26)11-21(17)25)27-24(31)23-20(16(3)33-29-23)13-32-19-7-5-4-6-8-19/h4-11H,12-13H2,1-3H3,(H,27,31). The average molecular weight is 469 g/mol. The monoisotopic (exact) mass is 468 g/mol. The fourth-order valence-corrected chi connectivity index (χ4v) is 3.65. The summed E-state index contributed by atoms with van der Waals surface area (Å²) < 4.78 is 26.1. The number of para-hydroxylation sites is 1. The van der Waals surface area contributed by atoms with Crippen LogP contribution in [0.15, 0.2) is 53.1 Å². The van der Waals surface area contributed by atoms with Crippen LogP contribution < -0.4 is 10.1 Å². The highest BCUT2D eigenvalue weighted by Gasteiger charge is 2.23. The molecule has 4 aromatic rings. The predicted molar refractivity (Wildman–Crippen MR) is 122 cm³/mol. The van der Waals surface area contributed by atoms with Crippen LogP contribution in [0.3, 0.4) is 0 Å². The first-order valence-corrected chi connectivity index (χ1v) is 10.6. The Morgan fingerprint density at radius 1 is 1.18 bits per heavy atom. The fourth-order valence-electron chi connectivity index (χ4n) is 3.43. The number of halogens is 2. The third-order valence-corrected chi connectivity index (χ3v) is 5.63. The van der Waals surface area contributed by atoms with Gasteiger partial charge in [-0.1, -0.05) is 41.0 Å². The first kappa shape index (κ1) is 22.5. The van der Waals surface area contributed by atoms with E-state index in [1.807, 2.05) is 37.3 Å². The Balaban J connectivity index is 1.52. The van der Waals surface area contributed by atoms with E-state index < -0.39 is 11.7 Å². The van der Waals surface area contributed by atoms with Crippen molar-refractivity contribution in [1.29, 1.82) is 0 Å². The zero-order valence-corrected chi connectivity index (χ0v) is 19.1. The lowest BCUT2D eigenvalue weighted by molar-refractivity contribution is 0.101. The summed E-state index contributed by atoms with van der Waals surface area (Å²) in [6, 6.07) is 13.5. The summed E-state index contributed by atoms with van der Waals surface area (Å²) >= 11 is 6.16. The van der Waals surface area contributed by atoms with E-state index in [4.69, 9.17) is 20.9 Å². The third-order valence-electron chi connectivity index (χ3n) is 5.28. The molecule has 9 heteroatoms. The van der Waals surface area contributed by atoms with Gasteiger partial charge in [0, 0.05) is 5.02 Å². The summed E-state index contributed by atoms with van der Waals surface area (Å²) in [7, 11) is 0. The Bertz CT molecular complexity index is 1300. The van der Waals surface area contributed by atoms with E-state index in [2.05, 4.69) is 15.6 Å². The topological polar surface area (TPSA) is 82.2 Å². The Morgan fingerprint density at radius 3 is 2.67 bits per heavy atom. The summed E-state index contributed by atoms with van der Waals surface area (Å²) in [6.07, 6.45) is 0. The van der Waals surface area contributed by atoms with E-state index in [1.54, 1.807) is 24.6 Å². The molecule has 0 aliphatic rings. The van der Waals surface area contributed by atoms with E-state index in [0.29, 0.717) is 45.6 Å². The van der Waals surface area contributed by atoms with E-state index >= 15 is 0 Å². The number of ether oxygens (including phenoxy) is 1. The molecule has 170 valence electrons. The number of hydrogen-bond acceptors (Lipinski definition) is 5. The normalized spacial score (nSPS) is 10.9. The zero-order valence-electron chi connectivity index (χ0n) is 18.4. The number of aryl methyl sites for hydroxylation is 2. The predicted octanol–water partition coefficient (Wildman–Crippen LogP) is 5.47. The van der Waals surface area contributed by atoms with E-state index in [1.165, 1.54) is 12.1 Å². The van der Waals surface area contributed by atoms with Gasteiger partial charge >= 0.3 is 0 Å². The summed E-state index contributed by atoms with van der Waals surface area (Å²) in [5.74, 6) is 0.354. The van der Waals surface area contributed by atoms with Crippen LogP contribution in [-0.2, 0) is 13.2 Å². The molecule has 2 aromatic heterocycles. The number of nitrogens with zero attached hydrogens (tertiary/aromatic N) is 3.